The molecule has 1 aromatic rings. The van der Waals surface area contributed by atoms with Crippen molar-refractivity contribution in [3.05, 3.63) is 17.7 Å². The van der Waals surface area contributed by atoms with Gasteiger partial charge in [0.25, 0.3) is 0 Å². The topological polar surface area (TPSA) is 28.2 Å². The van der Waals surface area contributed by atoms with Crippen molar-refractivity contribution >= 4 is 11.6 Å². The quantitative estimate of drug-likeness (QED) is 0.902. The predicted octanol–water partition coefficient (Wildman–Crippen LogP) is 3.23. The molecule has 0 saturated carbocycles. The third-order valence-corrected chi connectivity index (χ3v) is 2.43. The fraction of sp³-hybridized carbons (Fsp3) is 0.583. The highest BCUT2D eigenvalue weighted by Gasteiger charge is 2.32. The molecule has 1 N–H and O–H groups in total. The summed E-state index contributed by atoms with van der Waals surface area (Å²) in [6, 6.07) is 2.08. The molecule has 0 radical (unpaired) electrons. The van der Waals surface area contributed by atoms with Gasteiger partial charge < -0.3 is 10.2 Å². The van der Waals surface area contributed by atoms with Crippen molar-refractivity contribution in [3.8, 4) is 0 Å². The number of alkyl halides is 3. The molecule has 0 atom stereocenters. The smallest absolute Gasteiger partial charge is 0.373 e. The van der Waals surface area contributed by atoms with Gasteiger partial charge in [-0.25, -0.2) is 4.98 Å². The molecule has 0 aliphatic rings. The Labute approximate surface area is 105 Å². The summed E-state index contributed by atoms with van der Waals surface area (Å²) >= 11 is 0. The van der Waals surface area contributed by atoms with Crippen LogP contribution in [-0.2, 0) is 6.18 Å². The molecule has 0 aliphatic heterocycles. The van der Waals surface area contributed by atoms with E-state index >= 15 is 0 Å². The van der Waals surface area contributed by atoms with E-state index in [9.17, 15) is 13.2 Å². The second kappa shape index (κ2) is 5.46. The molecule has 6 heteroatoms. The van der Waals surface area contributed by atoms with Gasteiger partial charge in [0.05, 0.1) is 5.56 Å². The molecular weight excluding hydrogens is 243 g/mol. The lowest BCUT2D eigenvalue weighted by atomic mass is 10.2. The van der Waals surface area contributed by atoms with Gasteiger partial charge in [0.15, 0.2) is 0 Å². The monoisotopic (exact) mass is 261 g/mol. The van der Waals surface area contributed by atoms with Crippen LogP contribution in [0.5, 0.6) is 0 Å². The van der Waals surface area contributed by atoms with Crippen LogP contribution in [0.1, 0.15) is 19.4 Å². The van der Waals surface area contributed by atoms with Crippen LogP contribution in [-0.4, -0.2) is 25.6 Å². The molecule has 0 bridgehead atoms. The van der Waals surface area contributed by atoms with E-state index in [4.69, 9.17) is 0 Å². The third-order valence-electron chi connectivity index (χ3n) is 2.43. The number of nitrogens with zero attached hydrogens (tertiary/aromatic N) is 2. The van der Waals surface area contributed by atoms with Gasteiger partial charge in [-0.15, -0.1) is 0 Å². The molecular formula is C12H18F3N3. The lowest BCUT2D eigenvalue weighted by Gasteiger charge is -2.22. The van der Waals surface area contributed by atoms with Gasteiger partial charge in [-0.05, 0) is 18.1 Å². The van der Waals surface area contributed by atoms with Gasteiger partial charge >= 0.3 is 6.18 Å². The van der Waals surface area contributed by atoms with E-state index in [-0.39, 0.29) is 5.82 Å². The molecule has 1 aromatic heterocycles. The van der Waals surface area contributed by atoms with Crippen LogP contribution >= 0.6 is 0 Å². The fourth-order valence-corrected chi connectivity index (χ4v) is 1.64. The minimum Gasteiger partial charge on any atom is -0.373 e. The summed E-state index contributed by atoms with van der Waals surface area (Å²) in [6.07, 6.45) is -4.36. The van der Waals surface area contributed by atoms with Crippen molar-refractivity contribution in [1.29, 1.82) is 0 Å². The molecule has 1 heterocycles. The average Bonchev–Trinajstić information content (AvgIpc) is 2.26. The van der Waals surface area contributed by atoms with Crippen molar-refractivity contribution in [2.75, 3.05) is 30.9 Å². The zero-order valence-corrected chi connectivity index (χ0v) is 11.0. The molecule has 0 aromatic carbocycles. The van der Waals surface area contributed by atoms with Crippen molar-refractivity contribution in [1.82, 2.24) is 4.98 Å². The largest absolute Gasteiger partial charge is 0.416 e. The van der Waals surface area contributed by atoms with Gasteiger partial charge in [0.1, 0.15) is 11.6 Å². The number of nitrogens with one attached hydrogen (secondary N) is 1. The minimum atomic E-state index is -4.36. The van der Waals surface area contributed by atoms with E-state index in [1.807, 2.05) is 13.8 Å². The van der Waals surface area contributed by atoms with E-state index < -0.39 is 11.7 Å². The molecule has 3 nitrogen and oxygen atoms in total. The number of anilines is 2. The molecule has 102 valence electrons. The highest BCUT2D eigenvalue weighted by Crippen LogP contribution is 2.32. The first-order valence-corrected chi connectivity index (χ1v) is 5.72. The molecule has 0 aliphatic carbocycles. The Morgan fingerprint density at radius 3 is 2.39 bits per heavy atom. The van der Waals surface area contributed by atoms with Crippen LogP contribution in [0, 0.1) is 5.92 Å². The van der Waals surface area contributed by atoms with Gasteiger partial charge in [0.2, 0.25) is 0 Å². The van der Waals surface area contributed by atoms with E-state index in [1.165, 1.54) is 0 Å². The Balaban J connectivity index is 3.12. The maximum absolute atomic E-state index is 12.7. The van der Waals surface area contributed by atoms with Crippen molar-refractivity contribution in [2.45, 2.75) is 20.0 Å². The lowest BCUT2D eigenvalue weighted by molar-refractivity contribution is -0.137. The Bertz CT molecular complexity index is 402. The molecule has 0 fully saturated rings. The van der Waals surface area contributed by atoms with Gasteiger partial charge in [-0.3, -0.25) is 0 Å². The maximum atomic E-state index is 12.7. The summed E-state index contributed by atoms with van der Waals surface area (Å²) in [5, 5.41) is 2.65. The molecule has 0 unspecified atom stereocenters. The molecule has 0 amide bonds. The Hall–Kier alpha value is -1.46. The van der Waals surface area contributed by atoms with Crippen LogP contribution in [0.2, 0.25) is 0 Å². The maximum Gasteiger partial charge on any atom is 0.416 e. The Morgan fingerprint density at radius 1 is 1.33 bits per heavy atom. The molecule has 0 spiro atoms. The van der Waals surface area contributed by atoms with E-state index in [0.717, 1.165) is 12.1 Å². The first kappa shape index (κ1) is 14.6. The molecule has 0 saturated heterocycles. The van der Waals surface area contributed by atoms with Crippen molar-refractivity contribution in [3.63, 3.8) is 0 Å². The number of rotatable bonds is 4. The second-order valence-electron chi connectivity index (χ2n) is 4.62. The number of hydrogen-bond acceptors (Lipinski definition) is 3. The Morgan fingerprint density at radius 2 is 1.94 bits per heavy atom. The highest BCUT2D eigenvalue weighted by atomic mass is 19.4. The van der Waals surface area contributed by atoms with Crippen molar-refractivity contribution in [2.24, 2.45) is 5.92 Å². The van der Waals surface area contributed by atoms with Gasteiger partial charge in [-0.1, -0.05) is 13.8 Å². The highest BCUT2D eigenvalue weighted by molar-refractivity contribution is 5.50. The average molecular weight is 261 g/mol. The summed E-state index contributed by atoms with van der Waals surface area (Å²) in [5.74, 6) is 0.891. The van der Waals surface area contributed by atoms with Crippen LogP contribution in [0.15, 0.2) is 12.1 Å². The van der Waals surface area contributed by atoms with Crippen LogP contribution < -0.4 is 10.2 Å². The summed E-state index contributed by atoms with van der Waals surface area (Å²) in [6.45, 7) is 4.66. The summed E-state index contributed by atoms with van der Waals surface area (Å²) in [4.78, 5) is 5.86. The van der Waals surface area contributed by atoms with Gasteiger partial charge in [0, 0.05) is 20.6 Å². The van der Waals surface area contributed by atoms with E-state index in [1.54, 1.807) is 19.0 Å². The summed E-state index contributed by atoms with van der Waals surface area (Å²) in [5.41, 5.74) is -0.688. The zero-order valence-electron chi connectivity index (χ0n) is 11.0. The number of hydrogen-bond donors (Lipinski definition) is 1. The van der Waals surface area contributed by atoms with E-state index in [0.29, 0.717) is 18.3 Å². The zero-order chi connectivity index (χ0) is 13.9. The van der Waals surface area contributed by atoms with Crippen LogP contribution in [0.3, 0.4) is 0 Å². The standard InChI is InChI=1S/C12H18F3N3/c1-8(2)7-18(4)11-6-9(12(13,14)15)5-10(16-3)17-11/h5-6,8H,7H2,1-4H3,(H,16,17). The first-order valence-electron chi connectivity index (χ1n) is 5.72. The normalized spacial score (nSPS) is 11.8. The molecule has 18 heavy (non-hydrogen) atoms. The fourth-order valence-electron chi connectivity index (χ4n) is 1.64. The minimum absolute atomic E-state index is 0.218. The summed E-state index contributed by atoms with van der Waals surface area (Å²) in [7, 11) is 3.29. The number of halogens is 3. The second-order valence-corrected chi connectivity index (χ2v) is 4.62. The third kappa shape index (κ3) is 3.78. The predicted molar refractivity (Wildman–Crippen MR) is 66.9 cm³/mol. The Kier molecular flexibility index (Phi) is 4.43. The lowest BCUT2D eigenvalue weighted by Crippen LogP contribution is -2.24. The van der Waals surface area contributed by atoms with Gasteiger partial charge in [-0.2, -0.15) is 13.2 Å². The number of pyridine rings is 1. The molecule has 1 rings (SSSR count). The number of aromatic nitrogens is 1. The van der Waals surface area contributed by atoms with Crippen molar-refractivity contribution < 1.29 is 13.2 Å². The SMILES string of the molecule is CNc1cc(C(F)(F)F)cc(N(C)CC(C)C)n1. The summed E-state index contributed by atoms with van der Waals surface area (Å²) < 4.78 is 38.2. The van der Waals surface area contributed by atoms with Crippen LogP contribution in [0.4, 0.5) is 24.8 Å². The van der Waals surface area contributed by atoms with Crippen LogP contribution in [0.25, 0.3) is 0 Å². The first-order chi connectivity index (χ1) is 8.24. The van der Waals surface area contributed by atoms with E-state index in [2.05, 4.69) is 10.3 Å².